The summed E-state index contributed by atoms with van der Waals surface area (Å²) in [5.74, 6) is 0.187. The molecule has 2 saturated heterocycles. The first-order valence-corrected chi connectivity index (χ1v) is 10.3. The van der Waals surface area contributed by atoms with Crippen molar-refractivity contribution in [1.82, 2.24) is 14.5 Å². The Balaban J connectivity index is 1.51. The summed E-state index contributed by atoms with van der Waals surface area (Å²) in [6.07, 6.45) is -1.68. The van der Waals surface area contributed by atoms with Crippen LogP contribution in [0.3, 0.4) is 0 Å². The standard InChI is InChI=1S/C18H17N4O7P/c19-12-6-10-13(16(23)21-12)20-8-22(10)17-15-14(11(27-17)7-26-30(24)25)28-18(29-15)9-4-2-1-3-5-9/h1-6,8,11,14-15,17-18H,7H2,(H3-,19,21,23,24,25)/p+1/t11-,14?,15?,17-,18?/m1/s1. The molecule has 2 aliphatic heterocycles. The first-order chi connectivity index (χ1) is 14.5. The number of aromatic amines is 1. The summed E-state index contributed by atoms with van der Waals surface area (Å²) in [7, 11) is -2.79. The van der Waals surface area contributed by atoms with Gasteiger partial charge in [-0.1, -0.05) is 30.3 Å². The number of rotatable bonds is 5. The van der Waals surface area contributed by atoms with Crippen molar-refractivity contribution in [1.29, 1.82) is 0 Å². The molecule has 3 aromatic rings. The van der Waals surface area contributed by atoms with Gasteiger partial charge in [-0.05, 0) is 0 Å². The predicted octanol–water partition coefficient (Wildman–Crippen LogP) is 1.35. The molecule has 0 bridgehead atoms. The summed E-state index contributed by atoms with van der Waals surface area (Å²) in [6.45, 7) is -0.163. The molecular weight excluding hydrogens is 415 g/mol. The highest BCUT2D eigenvalue weighted by Crippen LogP contribution is 2.45. The molecule has 5 rings (SSSR count). The van der Waals surface area contributed by atoms with Gasteiger partial charge in [0.15, 0.2) is 18.0 Å². The summed E-state index contributed by atoms with van der Waals surface area (Å²) in [5.41, 5.74) is 6.89. The summed E-state index contributed by atoms with van der Waals surface area (Å²) < 4.78 is 35.8. The van der Waals surface area contributed by atoms with Gasteiger partial charge in [0.25, 0.3) is 5.56 Å². The summed E-state index contributed by atoms with van der Waals surface area (Å²) in [5, 5.41) is 0. The molecule has 30 heavy (non-hydrogen) atoms. The van der Waals surface area contributed by atoms with Gasteiger partial charge in [-0.2, -0.15) is 0 Å². The van der Waals surface area contributed by atoms with E-state index >= 15 is 0 Å². The van der Waals surface area contributed by atoms with Crippen LogP contribution in [0.4, 0.5) is 5.82 Å². The Hall–Kier alpha value is -2.66. The minimum absolute atomic E-state index is 0.163. The molecule has 0 saturated carbocycles. The molecule has 1 aromatic carbocycles. The molecule has 0 radical (unpaired) electrons. The topological polar surface area (TPSA) is 151 Å². The SMILES string of the molecule is Nc1cc2c(ncn2[C@@H]2O[C@H](CO[P+](=O)O)C3OC(c4ccccc4)OC32)c(=O)[nH]1. The van der Waals surface area contributed by atoms with Gasteiger partial charge in [0.05, 0.1) is 11.8 Å². The maximum atomic E-state index is 12.1. The highest BCUT2D eigenvalue weighted by molar-refractivity contribution is 7.32. The van der Waals surface area contributed by atoms with Crippen LogP contribution in [0.2, 0.25) is 0 Å². The van der Waals surface area contributed by atoms with E-state index in [-0.39, 0.29) is 17.9 Å². The van der Waals surface area contributed by atoms with Crippen LogP contribution < -0.4 is 11.3 Å². The number of nitrogens with two attached hydrogens (primary N) is 1. The number of nitrogen functional groups attached to an aromatic ring is 1. The zero-order valence-corrected chi connectivity index (χ0v) is 16.3. The number of nitrogens with one attached hydrogen (secondary N) is 1. The third kappa shape index (κ3) is 3.31. The molecule has 4 N–H and O–H groups in total. The number of pyridine rings is 1. The van der Waals surface area contributed by atoms with E-state index in [9.17, 15) is 9.36 Å². The molecular formula is C18H18N4O7P+. The smallest absolute Gasteiger partial charge is 0.385 e. The van der Waals surface area contributed by atoms with E-state index in [2.05, 4.69) is 9.97 Å². The van der Waals surface area contributed by atoms with Crippen molar-refractivity contribution in [3.63, 3.8) is 0 Å². The lowest BCUT2D eigenvalue weighted by molar-refractivity contribution is -0.152. The van der Waals surface area contributed by atoms with Gasteiger partial charge in [-0.25, -0.2) is 4.98 Å². The van der Waals surface area contributed by atoms with Crippen LogP contribution in [0.25, 0.3) is 11.0 Å². The van der Waals surface area contributed by atoms with Gasteiger partial charge < -0.3 is 29.5 Å². The van der Waals surface area contributed by atoms with Crippen molar-refractivity contribution in [3.05, 3.63) is 58.6 Å². The molecule has 4 heterocycles. The van der Waals surface area contributed by atoms with Crippen molar-refractivity contribution in [2.75, 3.05) is 12.3 Å². The number of hydrogen-bond donors (Lipinski definition) is 3. The molecule has 0 aliphatic carbocycles. The average molecular weight is 433 g/mol. The number of fused-ring (bicyclic) bond motifs is 2. The predicted molar refractivity (Wildman–Crippen MR) is 103 cm³/mol. The van der Waals surface area contributed by atoms with Crippen molar-refractivity contribution < 1.29 is 28.2 Å². The first kappa shape index (κ1) is 19.3. The molecule has 2 fully saturated rings. The fraction of sp³-hybridized carbons (Fsp3) is 0.333. The molecule has 6 atom stereocenters. The van der Waals surface area contributed by atoms with Gasteiger partial charge in [0, 0.05) is 16.2 Å². The highest BCUT2D eigenvalue weighted by Gasteiger charge is 2.54. The lowest BCUT2D eigenvalue weighted by Crippen LogP contribution is -2.31. The van der Waals surface area contributed by atoms with E-state index in [0.717, 1.165) is 5.56 Å². The second-order valence-corrected chi connectivity index (χ2v) is 7.72. The normalized spacial score (nSPS) is 28.7. The second kappa shape index (κ2) is 7.55. The molecule has 156 valence electrons. The second-order valence-electron chi connectivity index (χ2n) is 6.98. The Bertz CT molecular complexity index is 1150. The number of anilines is 1. The van der Waals surface area contributed by atoms with Gasteiger partial charge in [0.2, 0.25) is 0 Å². The molecule has 0 spiro atoms. The summed E-state index contributed by atoms with van der Waals surface area (Å²) >= 11 is 0. The molecule has 4 unspecified atom stereocenters. The van der Waals surface area contributed by atoms with E-state index in [4.69, 9.17) is 29.4 Å². The lowest BCUT2D eigenvalue weighted by Gasteiger charge is -2.21. The number of hydrogen-bond acceptors (Lipinski definition) is 8. The lowest BCUT2D eigenvalue weighted by atomic mass is 10.1. The molecule has 2 aliphatic rings. The van der Waals surface area contributed by atoms with E-state index in [1.54, 1.807) is 10.6 Å². The maximum absolute atomic E-state index is 12.1. The van der Waals surface area contributed by atoms with Gasteiger partial charge >= 0.3 is 8.25 Å². The number of imidazole rings is 1. The third-order valence-electron chi connectivity index (χ3n) is 5.14. The van der Waals surface area contributed by atoms with Crippen molar-refractivity contribution in [2.24, 2.45) is 0 Å². The third-order valence-corrected chi connectivity index (χ3v) is 5.51. The average Bonchev–Trinajstić information content (AvgIpc) is 3.41. The van der Waals surface area contributed by atoms with Crippen LogP contribution in [0.5, 0.6) is 0 Å². The van der Waals surface area contributed by atoms with Crippen LogP contribution in [-0.4, -0.2) is 44.3 Å². The monoisotopic (exact) mass is 433 g/mol. The number of benzene rings is 1. The van der Waals surface area contributed by atoms with Crippen LogP contribution in [0, 0.1) is 0 Å². The molecule has 11 nitrogen and oxygen atoms in total. The van der Waals surface area contributed by atoms with Crippen molar-refractivity contribution in [2.45, 2.75) is 30.8 Å². The van der Waals surface area contributed by atoms with E-state index < -0.39 is 44.6 Å². The number of H-pyrrole nitrogens is 1. The number of ether oxygens (including phenoxy) is 3. The van der Waals surface area contributed by atoms with E-state index in [1.807, 2.05) is 30.3 Å². The van der Waals surface area contributed by atoms with Crippen LogP contribution in [0.15, 0.2) is 47.5 Å². The van der Waals surface area contributed by atoms with Gasteiger partial charge in [-0.3, -0.25) is 4.79 Å². The van der Waals surface area contributed by atoms with E-state index in [0.29, 0.717) is 5.52 Å². The number of nitrogens with zero attached hydrogens (tertiary/aromatic N) is 2. The Labute approximate surface area is 170 Å². The Kier molecular flexibility index (Phi) is 4.86. The maximum Gasteiger partial charge on any atom is 0.694 e. The first-order valence-electron chi connectivity index (χ1n) is 9.17. The van der Waals surface area contributed by atoms with Crippen LogP contribution in [0.1, 0.15) is 18.1 Å². The molecule has 0 amide bonds. The van der Waals surface area contributed by atoms with E-state index in [1.165, 1.54) is 6.33 Å². The van der Waals surface area contributed by atoms with Crippen molar-refractivity contribution >= 4 is 25.1 Å². The quantitative estimate of drug-likeness (QED) is 0.507. The summed E-state index contributed by atoms with van der Waals surface area (Å²) in [6, 6.07) is 11.0. The Morgan fingerprint density at radius 2 is 2.00 bits per heavy atom. The fourth-order valence-electron chi connectivity index (χ4n) is 3.86. The van der Waals surface area contributed by atoms with Crippen LogP contribution >= 0.6 is 8.25 Å². The molecule has 2 aromatic heterocycles. The van der Waals surface area contributed by atoms with Crippen LogP contribution in [-0.2, 0) is 23.3 Å². The minimum atomic E-state index is -2.79. The zero-order valence-electron chi connectivity index (χ0n) is 15.5. The Morgan fingerprint density at radius 1 is 1.23 bits per heavy atom. The zero-order chi connectivity index (χ0) is 20.8. The van der Waals surface area contributed by atoms with Gasteiger partial charge in [0.1, 0.15) is 30.7 Å². The van der Waals surface area contributed by atoms with Gasteiger partial charge in [-0.15, -0.1) is 9.42 Å². The highest BCUT2D eigenvalue weighted by atomic mass is 31.1. The fourth-order valence-corrected chi connectivity index (χ4v) is 4.14. The largest absolute Gasteiger partial charge is 0.694 e. The summed E-state index contributed by atoms with van der Waals surface area (Å²) in [4.78, 5) is 27.8. The molecule has 12 heteroatoms. The van der Waals surface area contributed by atoms with Crippen molar-refractivity contribution in [3.8, 4) is 0 Å². The Morgan fingerprint density at radius 3 is 2.77 bits per heavy atom. The number of aromatic nitrogens is 3. The minimum Gasteiger partial charge on any atom is -0.385 e.